The predicted molar refractivity (Wildman–Crippen MR) is 166 cm³/mol. The van der Waals surface area contributed by atoms with E-state index in [9.17, 15) is 18.7 Å². The van der Waals surface area contributed by atoms with Crippen molar-refractivity contribution in [1.82, 2.24) is 9.97 Å². The molecule has 0 aliphatic carbocycles. The van der Waals surface area contributed by atoms with Gasteiger partial charge in [0.1, 0.15) is 36.3 Å². The van der Waals surface area contributed by atoms with Gasteiger partial charge in [0.2, 0.25) is 0 Å². The molecular weight excluding hydrogens is 597 g/mol. The van der Waals surface area contributed by atoms with Crippen LogP contribution in [-0.2, 0) is 23.4 Å². The van der Waals surface area contributed by atoms with Crippen molar-refractivity contribution in [2.45, 2.75) is 38.4 Å². The fraction of sp³-hybridized carbons (Fsp3) is 0.162. The summed E-state index contributed by atoms with van der Waals surface area (Å²) in [5.74, 6) is -0.562. The summed E-state index contributed by atoms with van der Waals surface area (Å²) in [5, 5.41) is 13.1. The van der Waals surface area contributed by atoms with E-state index in [0.29, 0.717) is 40.3 Å². The number of ether oxygens (including phenoxy) is 2. The van der Waals surface area contributed by atoms with Crippen LogP contribution in [0, 0.1) is 11.6 Å². The van der Waals surface area contributed by atoms with Crippen molar-refractivity contribution in [2.75, 3.05) is 0 Å². The van der Waals surface area contributed by atoms with Crippen LogP contribution in [0.25, 0.3) is 21.8 Å². The Kier molecular flexibility index (Phi) is 10.3. The van der Waals surface area contributed by atoms with Crippen LogP contribution >= 0.6 is 0 Å². The van der Waals surface area contributed by atoms with Crippen molar-refractivity contribution in [1.29, 1.82) is 0 Å². The Hall–Kier alpha value is -4.37. The third kappa shape index (κ3) is 7.70. The van der Waals surface area contributed by atoms with Crippen LogP contribution in [0.5, 0.6) is 11.5 Å². The standard InChI is InChI=1S/C37H30F2N2O4.Na/c1-37(19-18-36(42)43,26-6-14-32(15-7-26)44-22-30-12-4-24-2-10-28(38)20-34(24)40-30)27-8-16-33(17-9-27)45-23-31-13-5-25-3-11-29(39)21-35(25)41-31;/h2-17,20-21H,18-19,22-23H2,1H3,(H,42,43);/q;+1/p-1. The van der Waals surface area contributed by atoms with Gasteiger partial charge in [-0.05, 0) is 84.6 Å². The van der Waals surface area contributed by atoms with Gasteiger partial charge in [0.25, 0.3) is 0 Å². The number of carbonyl (C=O) groups is 1. The number of pyridine rings is 2. The first-order valence-corrected chi connectivity index (χ1v) is 14.5. The third-order valence-electron chi connectivity index (χ3n) is 8.01. The maximum absolute atomic E-state index is 13.6. The molecule has 9 heteroatoms. The van der Waals surface area contributed by atoms with Gasteiger partial charge in [0.15, 0.2) is 0 Å². The topological polar surface area (TPSA) is 84.4 Å². The average molecular weight is 627 g/mol. The van der Waals surface area contributed by atoms with Crippen LogP contribution in [0.15, 0.2) is 109 Å². The number of halogens is 2. The second-order valence-corrected chi connectivity index (χ2v) is 11.1. The minimum absolute atomic E-state index is 0. The average Bonchev–Trinajstić information content (AvgIpc) is 3.05. The molecule has 0 saturated heterocycles. The second-order valence-electron chi connectivity index (χ2n) is 11.1. The SMILES string of the molecule is CC(CCC(=O)[O-])(c1ccc(OCc2ccc3ccc(F)cc3n2)cc1)c1ccc(OCc2ccc3ccc(F)cc3n2)cc1.[Na+]. The summed E-state index contributed by atoms with van der Waals surface area (Å²) in [6, 6.07) is 31.5. The van der Waals surface area contributed by atoms with Crippen molar-refractivity contribution in [3.63, 3.8) is 0 Å². The number of nitrogens with zero attached hydrogens (tertiary/aromatic N) is 2. The van der Waals surface area contributed by atoms with Gasteiger partial charge in [-0.15, -0.1) is 0 Å². The molecule has 0 aliphatic heterocycles. The molecule has 46 heavy (non-hydrogen) atoms. The summed E-state index contributed by atoms with van der Waals surface area (Å²) >= 11 is 0. The van der Waals surface area contributed by atoms with E-state index in [2.05, 4.69) is 9.97 Å². The van der Waals surface area contributed by atoms with Gasteiger partial charge in [-0.3, -0.25) is 0 Å². The van der Waals surface area contributed by atoms with E-state index in [1.807, 2.05) is 79.7 Å². The molecule has 0 N–H and O–H groups in total. The van der Waals surface area contributed by atoms with E-state index in [0.717, 1.165) is 21.9 Å². The molecule has 226 valence electrons. The van der Waals surface area contributed by atoms with Gasteiger partial charge in [0, 0.05) is 34.3 Å². The van der Waals surface area contributed by atoms with Crippen molar-refractivity contribution >= 4 is 27.8 Å². The molecule has 0 fully saturated rings. The summed E-state index contributed by atoms with van der Waals surface area (Å²) in [5.41, 5.74) is 3.66. The molecule has 6 aromatic rings. The molecule has 0 aliphatic rings. The van der Waals surface area contributed by atoms with Gasteiger partial charge in [-0.2, -0.15) is 0 Å². The van der Waals surface area contributed by atoms with Crippen molar-refractivity contribution in [2.24, 2.45) is 0 Å². The summed E-state index contributed by atoms with van der Waals surface area (Å²) in [7, 11) is 0. The Morgan fingerprint density at radius 1 is 0.674 bits per heavy atom. The number of rotatable bonds is 11. The Bertz CT molecular complexity index is 1850. The second kappa shape index (κ2) is 14.4. The third-order valence-corrected chi connectivity index (χ3v) is 8.01. The van der Waals surface area contributed by atoms with E-state index in [1.54, 1.807) is 12.1 Å². The number of aliphatic carboxylic acids is 1. The molecule has 6 rings (SSSR count). The van der Waals surface area contributed by atoms with Gasteiger partial charge < -0.3 is 19.4 Å². The number of carboxylic acids is 1. The van der Waals surface area contributed by atoms with Crippen LogP contribution in [0.3, 0.4) is 0 Å². The van der Waals surface area contributed by atoms with Crippen LogP contribution < -0.4 is 44.1 Å². The molecule has 0 atom stereocenters. The summed E-state index contributed by atoms with van der Waals surface area (Å²) < 4.78 is 39.1. The molecule has 0 amide bonds. The van der Waals surface area contributed by atoms with Crippen LogP contribution in [0.4, 0.5) is 8.78 Å². The zero-order valence-corrected chi connectivity index (χ0v) is 27.5. The summed E-state index contributed by atoms with van der Waals surface area (Å²) in [6.45, 7) is 2.42. The minimum Gasteiger partial charge on any atom is -0.550 e. The molecule has 0 spiro atoms. The van der Waals surface area contributed by atoms with Gasteiger partial charge >= 0.3 is 29.6 Å². The maximum Gasteiger partial charge on any atom is 1.00 e. The molecule has 0 bridgehead atoms. The Balaban J connectivity index is 0.00000417. The first-order chi connectivity index (χ1) is 21.7. The first kappa shape index (κ1) is 33.0. The summed E-state index contributed by atoms with van der Waals surface area (Å²) in [4.78, 5) is 20.4. The minimum atomic E-state index is -1.12. The fourth-order valence-electron chi connectivity index (χ4n) is 5.39. The molecule has 0 saturated carbocycles. The van der Waals surface area contributed by atoms with Crippen molar-refractivity contribution < 1.29 is 57.7 Å². The van der Waals surface area contributed by atoms with E-state index in [-0.39, 0.29) is 60.8 Å². The van der Waals surface area contributed by atoms with Gasteiger partial charge in [0.05, 0.1) is 22.4 Å². The Morgan fingerprint density at radius 2 is 1.09 bits per heavy atom. The number of carboxylic acid groups (broad SMARTS) is 1. The van der Waals surface area contributed by atoms with Crippen molar-refractivity contribution in [3.05, 3.63) is 143 Å². The van der Waals surface area contributed by atoms with Crippen LogP contribution in [-0.4, -0.2) is 15.9 Å². The van der Waals surface area contributed by atoms with Crippen molar-refractivity contribution in [3.8, 4) is 11.5 Å². The molecule has 4 aromatic carbocycles. The Labute approximate surface area is 287 Å². The van der Waals surface area contributed by atoms with Gasteiger partial charge in [-0.25, -0.2) is 18.7 Å². The molecule has 0 unspecified atom stereocenters. The smallest absolute Gasteiger partial charge is 0.550 e. The van der Waals surface area contributed by atoms with Crippen LogP contribution in [0.2, 0.25) is 0 Å². The molecule has 6 nitrogen and oxygen atoms in total. The van der Waals surface area contributed by atoms with E-state index in [4.69, 9.17) is 9.47 Å². The van der Waals surface area contributed by atoms with E-state index < -0.39 is 11.4 Å². The number of hydrogen-bond acceptors (Lipinski definition) is 6. The fourth-order valence-corrected chi connectivity index (χ4v) is 5.39. The number of carbonyl (C=O) groups excluding carboxylic acids is 1. The maximum atomic E-state index is 13.6. The molecular formula is C37H29F2N2NaO4. The zero-order chi connectivity index (χ0) is 31.4. The number of fused-ring (bicyclic) bond motifs is 2. The largest absolute Gasteiger partial charge is 1.00 e. The van der Waals surface area contributed by atoms with E-state index in [1.165, 1.54) is 24.3 Å². The number of aromatic nitrogens is 2. The first-order valence-electron chi connectivity index (χ1n) is 14.5. The Morgan fingerprint density at radius 3 is 1.50 bits per heavy atom. The monoisotopic (exact) mass is 626 g/mol. The molecule has 2 aromatic heterocycles. The normalized spacial score (nSPS) is 11.3. The quantitative estimate of drug-likeness (QED) is 0.202. The number of hydrogen-bond donors (Lipinski definition) is 0. The zero-order valence-electron chi connectivity index (χ0n) is 25.5. The molecule has 0 radical (unpaired) electrons. The summed E-state index contributed by atoms with van der Waals surface area (Å²) in [6.07, 6.45) is 0.209. The van der Waals surface area contributed by atoms with Crippen LogP contribution in [0.1, 0.15) is 42.3 Å². The molecule has 2 heterocycles. The van der Waals surface area contributed by atoms with E-state index >= 15 is 0 Å². The number of benzene rings is 4. The van der Waals surface area contributed by atoms with Gasteiger partial charge in [-0.1, -0.05) is 43.3 Å². The predicted octanol–water partition coefficient (Wildman–Crippen LogP) is 4.06.